The lowest BCUT2D eigenvalue weighted by Gasteiger charge is -2.10. The van der Waals surface area contributed by atoms with E-state index in [-0.39, 0.29) is 0 Å². The molecule has 1 N–H and O–H groups in total. The number of nitrogens with zero attached hydrogens (tertiary/aromatic N) is 2. The van der Waals surface area contributed by atoms with Crippen LogP contribution in [-0.4, -0.2) is 6.34 Å². The van der Waals surface area contributed by atoms with E-state index in [9.17, 15) is 0 Å². The Morgan fingerprint density at radius 3 is 3.25 bits per heavy atom. The summed E-state index contributed by atoms with van der Waals surface area (Å²) in [6.07, 6.45) is 1.66. The first-order valence-electron chi connectivity index (χ1n) is 3.69. The van der Waals surface area contributed by atoms with Crippen molar-refractivity contribution >= 4 is 12.0 Å². The summed E-state index contributed by atoms with van der Waals surface area (Å²) < 4.78 is 0. The molecular formula is C9H7N3. The summed E-state index contributed by atoms with van der Waals surface area (Å²) in [7, 11) is 0. The van der Waals surface area contributed by atoms with Gasteiger partial charge in [-0.15, -0.1) is 0 Å². The molecule has 12 heavy (non-hydrogen) atoms. The zero-order valence-electron chi connectivity index (χ0n) is 6.41. The molecule has 1 aliphatic rings. The van der Waals surface area contributed by atoms with Crippen molar-refractivity contribution in [2.75, 3.05) is 0 Å². The third kappa shape index (κ3) is 1.04. The minimum atomic E-state index is 0.660. The molecule has 0 spiro atoms. The van der Waals surface area contributed by atoms with Gasteiger partial charge in [-0.2, -0.15) is 5.26 Å². The molecule has 0 amide bonds. The number of hydrogen-bond donors (Lipinski definition) is 1. The van der Waals surface area contributed by atoms with Crippen molar-refractivity contribution in [1.29, 1.82) is 5.26 Å². The highest BCUT2D eigenvalue weighted by molar-refractivity contribution is 5.67. The van der Waals surface area contributed by atoms with Crippen LogP contribution in [0.5, 0.6) is 0 Å². The van der Waals surface area contributed by atoms with Gasteiger partial charge in [0.15, 0.2) is 0 Å². The molecular weight excluding hydrogens is 150 g/mol. The van der Waals surface area contributed by atoms with Gasteiger partial charge >= 0.3 is 0 Å². The van der Waals surface area contributed by atoms with Crippen LogP contribution in [0.2, 0.25) is 0 Å². The van der Waals surface area contributed by atoms with E-state index in [2.05, 4.69) is 16.4 Å². The second-order valence-electron chi connectivity index (χ2n) is 2.59. The largest absolute Gasteiger partial charge is 0.372 e. The van der Waals surface area contributed by atoms with Crippen molar-refractivity contribution < 1.29 is 0 Å². The van der Waals surface area contributed by atoms with Crippen molar-refractivity contribution in [3.05, 3.63) is 29.3 Å². The van der Waals surface area contributed by atoms with Crippen LogP contribution in [0.4, 0.5) is 5.69 Å². The Morgan fingerprint density at radius 2 is 2.42 bits per heavy atom. The number of benzene rings is 1. The second kappa shape index (κ2) is 2.67. The van der Waals surface area contributed by atoms with Crippen molar-refractivity contribution in [3.8, 4) is 6.07 Å². The lowest BCUT2D eigenvalue weighted by molar-refractivity contribution is 0.913. The Morgan fingerprint density at radius 1 is 1.50 bits per heavy atom. The van der Waals surface area contributed by atoms with Crippen LogP contribution >= 0.6 is 0 Å². The Kier molecular flexibility index (Phi) is 1.52. The van der Waals surface area contributed by atoms with Gasteiger partial charge in [0.05, 0.1) is 23.7 Å². The maximum atomic E-state index is 8.62. The van der Waals surface area contributed by atoms with Gasteiger partial charge in [-0.3, -0.25) is 0 Å². The summed E-state index contributed by atoms with van der Waals surface area (Å²) in [6.45, 7) is 0.796. The molecule has 0 atom stereocenters. The lowest BCUT2D eigenvalue weighted by Crippen LogP contribution is -2.13. The monoisotopic (exact) mass is 157 g/mol. The van der Waals surface area contributed by atoms with Gasteiger partial charge in [0.25, 0.3) is 0 Å². The average molecular weight is 157 g/mol. The molecule has 3 heteroatoms. The molecule has 0 saturated carbocycles. The van der Waals surface area contributed by atoms with Crippen LogP contribution in [-0.2, 0) is 6.54 Å². The standard InChI is InChI=1S/C9H7N3/c10-4-7-1-2-8-5-11-6-12-9(8)3-7/h1-3,6H,5H2,(H,11,12). The molecule has 0 saturated heterocycles. The summed E-state index contributed by atoms with van der Waals surface area (Å²) in [4.78, 5) is 4.11. The van der Waals surface area contributed by atoms with E-state index in [1.165, 1.54) is 0 Å². The number of hydrogen-bond acceptors (Lipinski definition) is 3. The van der Waals surface area contributed by atoms with Crippen molar-refractivity contribution in [2.24, 2.45) is 4.99 Å². The molecule has 1 aromatic carbocycles. The predicted octanol–water partition coefficient (Wildman–Crippen LogP) is 1.32. The normalized spacial score (nSPS) is 12.9. The maximum absolute atomic E-state index is 8.62. The molecule has 0 unspecified atom stereocenters. The van der Waals surface area contributed by atoms with E-state index < -0.39 is 0 Å². The SMILES string of the molecule is N#Cc1ccc2c(c1)N=CNC2. The molecule has 0 aliphatic carbocycles. The van der Waals surface area contributed by atoms with Crippen LogP contribution in [0.1, 0.15) is 11.1 Å². The smallest absolute Gasteiger partial charge is 0.0992 e. The van der Waals surface area contributed by atoms with Gasteiger partial charge in [-0.05, 0) is 17.7 Å². The van der Waals surface area contributed by atoms with Gasteiger partial charge in [-0.25, -0.2) is 4.99 Å². The molecule has 1 aliphatic heterocycles. The van der Waals surface area contributed by atoms with Gasteiger partial charge in [-0.1, -0.05) is 6.07 Å². The molecule has 58 valence electrons. The zero-order chi connectivity index (χ0) is 8.39. The number of nitrogens with one attached hydrogen (secondary N) is 1. The van der Waals surface area contributed by atoms with Gasteiger partial charge in [0.2, 0.25) is 0 Å². The summed E-state index contributed by atoms with van der Waals surface area (Å²) in [5.74, 6) is 0. The topological polar surface area (TPSA) is 48.2 Å². The van der Waals surface area contributed by atoms with Crippen LogP contribution < -0.4 is 5.32 Å². The van der Waals surface area contributed by atoms with Crippen molar-refractivity contribution in [3.63, 3.8) is 0 Å². The fourth-order valence-corrected chi connectivity index (χ4v) is 1.17. The first-order chi connectivity index (χ1) is 5.90. The van der Waals surface area contributed by atoms with E-state index in [0.29, 0.717) is 5.56 Å². The molecule has 0 bridgehead atoms. The zero-order valence-corrected chi connectivity index (χ0v) is 6.41. The quantitative estimate of drug-likeness (QED) is 0.617. The molecule has 1 heterocycles. The van der Waals surface area contributed by atoms with Crippen LogP contribution in [0.3, 0.4) is 0 Å². The number of rotatable bonds is 0. The fraction of sp³-hybridized carbons (Fsp3) is 0.111. The molecule has 3 nitrogen and oxygen atoms in total. The highest BCUT2D eigenvalue weighted by atomic mass is 15.0. The Bertz CT molecular complexity index is 374. The summed E-state index contributed by atoms with van der Waals surface area (Å²) in [6, 6.07) is 7.62. The van der Waals surface area contributed by atoms with Crippen molar-refractivity contribution in [2.45, 2.75) is 6.54 Å². The van der Waals surface area contributed by atoms with E-state index in [4.69, 9.17) is 5.26 Å². The minimum Gasteiger partial charge on any atom is -0.372 e. The van der Waals surface area contributed by atoms with Gasteiger partial charge < -0.3 is 5.32 Å². The molecule has 0 fully saturated rings. The Balaban J connectivity index is 2.53. The predicted molar refractivity (Wildman–Crippen MR) is 46.1 cm³/mol. The van der Waals surface area contributed by atoms with E-state index in [1.807, 2.05) is 6.07 Å². The number of aliphatic imine (C=N–C) groups is 1. The summed E-state index contributed by atoms with van der Waals surface area (Å²) >= 11 is 0. The third-order valence-electron chi connectivity index (χ3n) is 1.80. The third-order valence-corrected chi connectivity index (χ3v) is 1.80. The Hall–Kier alpha value is -1.82. The summed E-state index contributed by atoms with van der Waals surface area (Å²) in [5, 5.41) is 11.6. The highest BCUT2D eigenvalue weighted by Gasteiger charge is 2.04. The van der Waals surface area contributed by atoms with E-state index in [1.54, 1.807) is 18.5 Å². The first kappa shape index (κ1) is 6.86. The molecule has 2 rings (SSSR count). The minimum absolute atomic E-state index is 0.660. The summed E-state index contributed by atoms with van der Waals surface area (Å²) in [5.41, 5.74) is 2.69. The first-order valence-corrected chi connectivity index (χ1v) is 3.69. The molecule has 0 aromatic heterocycles. The van der Waals surface area contributed by atoms with Crippen LogP contribution in [0, 0.1) is 11.3 Å². The Labute approximate surface area is 70.4 Å². The van der Waals surface area contributed by atoms with Crippen LogP contribution in [0.15, 0.2) is 23.2 Å². The number of fused-ring (bicyclic) bond motifs is 1. The highest BCUT2D eigenvalue weighted by Crippen LogP contribution is 2.21. The molecule has 0 radical (unpaired) electrons. The van der Waals surface area contributed by atoms with Gasteiger partial charge in [0, 0.05) is 6.54 Å². The lowest BCUT2D eigenvalue weighted by atomic mass is 10.1. The maximum Gasteiger partial charge on any atom is 0.0992 e. The van der Waals surface area contributed by atoms with Gasteiger partial charge in [0.1, 0.15) is 0 Å². The number of nitriles is 1. The second-order valence-corrected chi connectivity index (χ2v) is 2.59. The van der Waals surface area contributed by atoms with E-state index in [0.717, 1.165) is 17.8 Å². The van der Waals surface area contributed by atoms with E-state index >= 15 is 0 Å². The fourth-order valence-electron chi connectivity index (χ4n) is 1.17. The van der Waals surface area contributed by atoms with Crippen molar-refractivity contribution in [1.82, 2.24) is 5.32 Å². The average Bonchev–Trinajstić information content (AvgIpc) is 2.17. The molecule has 1 aromatic rings. The van der Waals surface area contributed by atoms with Crippen LogP contribution in [0.25, 0.3) is 0 Å².